The largest absolute Gasteiger partial charge is 0.481 e. The summed E-state index contributed by atoms with van der Waals surface area (Å²) in [6.07, 6.45) is 6.72. The van der Waals surface area contributed by atoms with Crippen LogP contribution < -0.4 is 0 Å². The summed E-state index contributed by atoms with van der Waals surface area (Å²) in [6, 6.07) is 8.17. The standard InChI is InChI=1S/C35H37FN4O5S2/c1-19(30(42)43)35(32(45)47-13-11-38)9-8-25-23-6-4-21-14-27-20(16-33(21,2)29(23)28(41)17-34(25,35)3)18-39-40(27)22-5-7-26(36)24(15-22)31(44)46-12-10-37/h5,7,14-15,18-19,23,25,28-29,41H,4,6,8-9,12-13,16-17H2,1-3H3,(H,42,43)/t19?,23-,25-,28-,29+,33-,34-,35-/m0/s1. The summed E-state index contributed by atoms with van der Waals surface area (Å²) < 4.78 is 16.3. The third-order valence-electron chi connectivity index (χ3n) is 12.1. The minimum atomic E-state index is -1.18. The zero-order valence-electron chi connectivity index (χ0n) is 26.5. The molecule has 0 aliphatic heterocycles. The van der Waals surface area contributed by atoms with E-state index in [0.717, 1.165) is 47.6 Å². The highest BCUT2D eigenvalue weighted by Gasteiger charge is 2.70. The van der Waals surface area contributed by atoms with Crippen LogP contribution in [0.2, 0.25) is 0 Å². The number of benzene rings is 1. The number of aliphatic hydroxyl groups is 1. The van der Waals surface area contributed by atoms with Crippen LogP contribution in [-0.4, -0.2) is 53.8 Å². The van der Waals surface area contributed by atoms with E-state index >= 15 is 0 Å². The topological polar surface area (TPSA) is 157 Å². The smallest absolute Gasteiger partial charge is 0.307 e. The number of hydrogen-bond acceptors (Lipinski definition) is 9. The first-order valence-electron chi connectivity index (χ1n) is 15.9. The third kappa shape index (κ3) is 4.98. The lowest BCUT2D eigenvalue weighted by molar-refractivity contribution is -0.172. The quantitative estimate of drug-likeness (QED) is 0.354. The molecule has 2 N–H and O–H groups in total. The van der Waals surface area contributed by atoms with Gasteiger partial charge in [-0.15, -0.1) is 0 Å². The Kier molecular flexibility index (Phi) is 8.69. The van der Waals surface area contributed by atoms with Crippen LogP contribution in [0.15, 0.2) is 30.0 Å². The monoisotopic (exact) mass is 676 g/mol. The van der Waals surface area contributed by atoms with Crippen molar-refractivity contribution in [3.05, 3.63) is 52.6 Å². The van der Waals surface area contributed by atoms with Crippen LogP contribution >= 0.6 is 23.5 Å². The molecule has 0 radical (unpaired) electrons. The number of aliphatic hydroxyl groups excluding tert-OH is 1. The number of carbonyl (C=O) groups is 3. The summed E-state index contributed by atoms with van der Waals surface area (Å²) in [6.45, 7) is 5.80. The van der Waals surface area contributed by atoms with Crippen molar-refractivity contribution in [2.24, 2.45) is 39.9 Å². The van der Waals surface area contributed by atoms with Gasteiger partial charge in [-0.2, -0.15) is 15.6 Å². The molecule has 246 valence electrons. The first kappa shape index (κ1) is 33.5. The van der Waals surface area contributed by atoms with Gasteiger partial charge in [-0.25, -0.2) is 9.07 Å². The van der Waals surface area contributed by atoms with Crippen LogP contribution in [0, 0.1) is 68.4 Å². The van der Waals surface area contributed by atoms with E-state index in [2.05, 4.69) is 18.1 Å². The molecule has 4 aliphatic rings. The predicted molar refractivity (Wildman–Crippen MR) is 176 cm³/mol. The molecule has 9 nitrogen and oxygen atoms in total. The number of nitriles is 2. The lowest BCUT2D eigenvalue weighted by atomic mass is 9.43. The maximum absolute atomic E-state index is 14.6. The Morgan fingerprint density at radius 2 is 1.89 bits per heavy atom. The highest BCUT2D eigenvalue weighted by atomic mass is 32.2. The van der Waals surface area contributed by atoms with E-state index in [1.165, 1.54) is 17.7 Å². The van der Waals surface area contributed by atoms with Crippen LogP contribution in [0.1, 0.15) is 74.5 Å². The fraction of sp³-hybridized carbons (Fsp3) is 0.543. The maximum Gasteiger partial charge on any atom is 0.307 e. The molecule has 3 fully saturated rings. The van der Waals surface area contributed by atoms with Crippen LogP contribution in [0.3, 0.4) is 0 Å². The molecule has 0 spiro atoms. The number of nitrogens with zero attached hydrogens (tertiary/aromatic N) is 4. The fourth-order valence-electron chi connectivity index (χ4n) is 10.1. The number of hydrogen-bond donors (Lipinski definition) is 2. The van der Waals surface area contributed by atoms with Crippen molar-refractivity contribution in [3.8, 4) is 17.8 Å². The Morgan fingerprint density at radius 3 is 2.60 bits per heavy atom. The van der Waals surface area contributed by atoms with E-state index in [-0.39, 0.29) is 39.9 Å². The zero-order chi connectivity index (χ0) is 33.9. The van der Waals surface area contributed by atoms with Crippen molar-refractivity contribution in [2.75, 3.05) is 11.5 Å². The van der Waals surface area contributed by atoms with Crippen LogP contribution in [0.25, 0.3) is 11.8 Å². The summed E-state index contributed by atoms with van der Waals surface area (Å²) in [7, 11) is 0. The van der Waals surface area contributed by atoms with Gasteiger partial charge in [-0.3, -0.25) is 14.4 Å². The van der Waals surface area contributed by atoms with Gasteiger partial charge in [0.15, 0.2) is 5.12 Å². The summed E-state index contributed by atoms with van der Waals surface area (Å²) in [5.74, 6) is -2.75. The summed E-state index contributed by atoms with van der Waals surface area (Å²) in [5.41, 5.74) is 1.10. The number of carboxylic acid groups (broad SMARTS) is 1. The molecule has 1 heterocycles. The Labute approximate surface area is 281 Å². The van der Waals surface area contributed by atoms with Gasteiger partial charge in [0, 0.05) is 0 Å². The molecular weight excluding hydrogens is 640 g/mol. The Morgan fingerprint density at radius 1 is 1.17 bits per heavy atom. The van der Waals surface area contributed by atoms with Crippen molar-refractivity contribution in [1.82, 2.24) is 9.78 Å². The molecule has 1 unspecified atom stereocenters. The first-order valence-corrected chi connectivity index (χ1v) is 17.9. The second-order valence-corrected chi connectivity index (χ2v) is 15.9. The van der Waals surface area contributed by atoms with Gasteiger partial charge in [0.1, 0.15) is 5.82 Å². The van der Waals surface area contributed by atoms with Gasteiger partial charge in [0.05, 0.1) is 64.2 Å². The minimum Gasteiger partial charge on any atom is -0.481 e. The molecule has 0 amide bonds. The zero-order valence-corrected chi connectivity index (χ0v) is 28.2. The molecule has 6 rings (SSSR count). The lowest BCUT2D eigenvalue weighted by Crippen LogP contribution is -2.61. The second kappa shape index (κ2) is 12.2. The van der Waals surface area contributed by atoms with Crippen LogP contribution in [0.5, 0.6) is 0 Å². The molecule has 47 heavy (non-hydrogen) atoms. The van der Waals surface area contributed by atoms with Gasteiger partial charge in [0.25, 0.3) is 0 Å². The van der Waals surface area contributed by atoms with Gasteiger partial charge < -0.3 is 10.2 Å². The molecule has 2 aromatic rings. The molecule has 0 bridgehead atoms. The molecular formula is C35H37FN4O5S2. The summed E-state index contributed by atoms with van der Waals surface area (Å²) in [4.78, 5) is 38.9. The minimum absolute atomic E-state index is 0.0415. The van der Waals surface area contributed by atoms with Crippen molar-refractivity contribution >= 4 is 45.8 Å². The highest BCUT2D eigenvalue weighted by molar-refractivity contribution is 8.14. The number of rotatable bonds is 7. The molecule has 1 aromatic carbocycles. The predicted octanol–water partition coefficient (Wildman–Crippen LogP) is 6.05. The SMILES string of the molecule is CC(C(=O)O)[C@]1(C(=O)SCC#N)CC[C@H]2[C@@H]3CCC4=Cc5c(cnn5-c5ccc(F)c(C(=O)SCC#N)c5)C[C@]4(C)[C@H]3[C@@H](O)C[C@@]21C. The van der Waals surface area contributed by atoms with Crippen molar-refractivity contribution in [3.63, 3.8) is 0 Å². The van der Waals surface area contributed by atoms with E-state index in [1.807, 2.05) is 19.1 Å². The molecule has 8 atom stereocenters. The fourth-order valence-corrected chi connectivity index (χ4v) is 11.6. The van der Waals surface area contributed by atoms with Crippen molar-refractivity contribution < 1.29 is 29.0 Å². The van der Waals surface area contributed by atoms with Crippen LogP contribution in [0.4, 0.5) is 4.39 Å². The average Bonchev–Trinajstić information content (AvgIpc) is 3.58. The molecule has 3 saturated carbocycles. The first-order chi connectivity index (χ1) is 22.3. The van der Waals surface area contributed by atoms with Crippen molar-refractivity contribution in [2.45, 2.75) is 65.4 Å². The van der Waals surface area contributed by atoms with Crippen LogP contribution in [-0.2, 0) is 16.0 Å². The van der Waals surface area contributed by atoms with E-state index in [9.17, 15) is 34.2 Å². The number of allylic oxidation sites excluding steroid dienone is 1. The highest BCUT2D eigenvalue weighted by Crippen LogP contribution is 2.72. The van der Waals surface area contributed by atoms with Gasteiger partial charge in [-0.1, -0.05) is 49.9 Å². The van der Waals surface area contributed by atoms with Gasteiger partial charge >= 0.3 is 5.97 Å². The maximum atomic E-state index is 14.6. The Balaban J connectivity index is 1.34. The number of halogens is 1. The molecule has 0 saturated heterocycles. The Hall–Kier alpha value is -3.45. The normalized spacial score (nSPS) is 32.8. The summed E-state index contributed by atoms with van der Waals surface area (Å²) >= 11 is 1.65. The second-order valence-electron chi connectivity index (χ2n) is 14.0. The Bertz CT molecular complexity index is 1780. The molecule has 12 heteroatoms. The van der Waals surface area contributed by atoms with Crippen molar-refractivity contribution in [1.29, 1.82) is 10.5 Å². The van der Waals surface area contributed by atoms with E-state index in [4.69, 9.17) is 5.26 Å². The summed E-state index contributed by atoms with van der Waals surface area (Å²) in [5, 5.41) is 44.2. The molecule has 1 aromatic heterocycles. The van der Waals surface area contributed by atoms with E-state index in [1.54, 1.807) is 23.9 Å². The number of carboxylic acids is 1. The third-order valence-corrected chi connectivity index (χ3v) is 13.8. The number of fused-ring (bicyclic) bond motifs is 6. The van der Waals surface area contributed by atoms with Gasteiger partial charge in [-0.05, 0) is 96.9 Å². The van der Waals surface area contributed by atoms with E-state index in [0.29, 0.717) is 31.4 Å². The molecule has 4 aliphatic carbocycles. The number of thioether (sulfide) groups is 2. The lowest BCUT2D eigenvalue weighted by Gasteiger charge is -2.61. The van der Waals surface area contributed by atoms with E-state index < -0.39 is 45.2 Å². The number of carbonyl (C=O) groups excluding carboxylic acids is 2. The number of aromatic nitrogens is 2. The van der Waals surface area contributed by atoms with Gasteiger partial charge in [0.2, 0.25) is 5.12 Å². The number of aliphatic carboxylic acids is 1. The average molecular weight is 677 g/mol.